The van der Waals surface area contributed by atoms with Crippen LogP contribution in [0.3, 0.4) is 0 Å². The van der Waals surface area contributed by atoms with E-state index in [1.165, 1.54) is 70.6 Å². The molecule has 0 fully saturated rings. The van der Waals surface area contributed by atoms with Crippen LogP contribution in [0.4, 0.5) is 4.79 Å². The fraction of sp³-hybridized carbons (Fsp3) is 0.840. The van der Waals surface area contributed by atoms with Crippen molar-refractivity contribution in [3.8, 4) is 0 Å². The molecule has 0 aliphatic carbocycles. The van der Waals surface area contributed by atoms with Gasteiger partial charge in [-0.1, -0.05) is 106 Å². The zero-order chi connectivity index (χ0) is 23.0. The molecular weight excluding hydrogens is 458 g/mol. The minimum Gasteiger partial charge on any atom is -0.461 e. The highest BCUT2D eigenvalue weighted by atomic mass is 79.9. The standard InChI is InChI=1S/C25H46BrNO4/c1-3-4-5-6-7-8-9-10-11-12-13-14-15-18-24(28)30-21-23(2)22-31-25(29)27-20-17-16-19-26/h2-22H2,1H3,(H,27,29). The van der Waals surface area contributed by atoms with Gasteiger partial charge in [0.05, 0.1) is 0 Å². The molecule has 0 spiro atoms. The average Bonchev–Trinajstić information content (AvgIpc) is 2.77. The first-order chi connectivity index (χ1) is 15.1. The second kappa shape index (κ2) is 23.6. The molecule has 0 heterocycles. The zero-order valence-electron chi connectivity index (χ0n) is 19.9. The van der Waals surface area contributed by atoms with Gasteiger partial charge in [-0.15, -0.1) is 0 Å². The summed E-state index contributed by atoms with van der Waals surface area (Å²) in [6.45, 7) is 6.81. The Balaban J connectivity index is 3.40. The van der Waals surface area contributed by atoms with Crippen molar-refractivity contribution >= 4 is 28.0 Å². The highest BCUT2D eigenvalue weighted by Crippen LogP contribution is 2.13. The second-order valence-corrected chi connectivity index (χ2v) is 9.10. The first-order valence-corrected chi connectivity index (χ1v) is 13.5. The van der Waals surface area contributed by atoms with Gasteiger partial charge in [-0.3, -0.25) is 4.79 Å². The molecular formula is C25H46BrNO4. The number of alkyl halides is 1. The number of esters is 1. The molecule has 0 aliphatic rings. The lowest BCUT2D eigenvalue weighted by Gasteiger charge is -2.09. The Morgan fingerprint density at radius 3 is 1.81 bits per heavy atom. The molecule has 0 atom stereocenters. The summed E-state index contributed by atoms with van der Waals surface area (Å²) < 4.78 is 10.2. The molecule has 0 aromatic carbocycles. The molecule has 0 unspecified atom stereocenters. The molecule has 0 aromatic heterocycles. The third-order valence-corrected chi connectivity index (χ3v) is 5.72. The highest BCUT2D eigenvalue weighted by molar-refractivity contribution is 9.09. The number of amides is 1. The number of unbranched alkanes of at least 4 members (excludes halogenated alkanes) is 13. The fourth-order valence-corrected chi connectivity index (χ4v) is 3.61. The largest absolute Gasteiger partial charge is 0.461 e. The molecule has 31 heavy (non-hydrogen) atoms. The summed E-state index contributed by atoms with van der Waals surface area (Å²) in [6.07, 6.45) is 18.6. The van der Waals surface area contributed by atoms with E-state index >= 15 is 0 Å². The van der Waals surface area contributed by atoms with Crippen LogP contribution in [0.5, 0.6) is 0 Å². The van der Waals surface area contributed by atoms with Crippen LogP contribution in [-0.4, -0.2) is 37.2 Å². The van der Waals surface area contributed by atoms with Gasteiger partial charge in [0.25, 0.3) is 0 Å². The summed E-state index contributed by atoms with van der Waals surface area (Å²) in [5.41, 5.74) is 0.578. The Labute approximate surface area is 199 Å². The molecule has 0 aliphatic heterocycles. The van der Waals surface area contributed by atoms with Gasteiger partial charge < -0.3 is 14.8 Å². The molecule has 182 valence electrons. The number of carbonyl (C=O) groups is 2. The van der Waals surface area contributed by atoms with Crippen LogP contribution in [-0.2, 0) is 14.3 Å². The van der Waals surface area contributed by atoms with Gasteiger partial charge in [0.1, 0.15) is 13.2 Å². The van der Waals surface area contributed by atoms with Crippen molar-refractivity contribution in [1.29, 1.82) is 0 Å². The van der Waals surface area contributed by atoms with Gasteiger partial charge in [0, 0.05) is 18.3 Å². The van der Waals surface area contributed by atoms with Crippen molar-refractivity contribution in [1.82, 2.24) is 5.32 Å². The Kier molecular flexibility index (Phi) is 22.8. The predicted octanol–water partition coefficient (Wildman–Crippen LogP) is 7.47. The van der Waals surface area contributed by atoms with E-state index in [1.54, 1.807) is 0 Å². The molecule has 0 bridgehead atoms. The first kappa shape index (κ1) is 30.0. The van der Waals surface area contributed by atoms with E-state index in [-0.39, 0.29) is 19.2 Å². The summed E-state index contributed by atoms with van der Waals surface area (Å²) >= 11 is 3.34. The molecule has 6 heteroatoms. The molecule has 0 saturated heterocycles. The Bertz CT molecular complexity index is 457. The van der Waals surface area contributed by atoms with E-state index in [9.17, 15) is 9.59 Å². The lowest BCUT2D eigenvalue weighted by molar-refractivity contribution is -0.142. The highest BCUT2D eigenvalue weighted by Gasteiger charge is 2.06. The van der Waals surface area contributed by atoms with Crippen LogP contribution >= 0.6 is 15.9 Å². The minimum atomic E-state index is -0.464. The number of alkyl carbamates (subject to hydrolysis) is 1. The van der Waals surface area contributed by atoms with E-state index in [2.05, 4.69) is 34.7 Å². The van der Waals surface area contributed by atoms with Crippen molar-refractivity contribution in [2.45, 2.75) is 110 Å². The van der Waals surface area contributed by atoms with Gasteiger partial charge in [0.15, 0.2) is 0 Å². The normalized spacial score (nSPS) is 10.6. The quantitative estimate of drug-likeness (QED) is 0.0719. The Morgan fingerprint density at radius 1 is 0.742 bits per heavy atom. The first-order valence-electron chi connectivity index (χ1n) is 12.4. The summed E-state index contributed by atoms with van der Waals surface area (Å²) in [5.74, 6) is -0.205. The smallest absolute Gasteiger partial charge is 0.407 e. The van der Waals surface area contributed by atoms with E-state index in [4.69, 9.17) is 9.47 Å². The summed E-state index contributed by atoms with van der Waals surface area (Å²) in [6, 6.07) is 0. The third kappa shape index (κ3) is 23.5. The minimum absolute atomic E-state index is 0.0658. The van der Waals surface area contributed by atoms with Crippen LogP contribution in [0.25, 0.3) is 0 Å². The summed E-state index contributed by atoms with van der Waals surface area (Å²) in [5, 5.41) is 3.60. The maximum Gasteiger partial charge on any atom is 0.407 e. The van der Waals surface area contributed by atoms with Gasteiger partial charge in [0.2, 0.25) is 0 Å². The van der Waals surface area contributed by atoms with E-state index in [1.807, 2.05) is 0 Å². The molecule has 1 N–H and O–H groups in total. The average molecular weight is 505 g/mol. The summed E-state index contributed by atoms with van der Waals surface area (Å²) in [7, 11) is 0. The number of hydrogen-bond acceptors (Lipinski definition) is 4. The lowest BCUT2D eigenvalue weighted by Crippen LogP contribution is -2.26. The molecule has 0 saturated carbocycles. The van der Waals surface area contributed by atoms with Crippen LogP contribution < -0.4 is 5.32 Å². The van der Waals surface area contributed by atoms with Crippen LogP contribution in [0, 0.1) is 0 Å². The maximum absolute atomic E-state index is 11.8. The summed E-state index contributed by atoms with van der Waals surface area (Å²) in [4.78, 5) is 23.3. The number of ether oxygens (including phenoxy) is 2. The van der Waals surface area contributed by atoms with E-state index in [0.29, 0.717) is 18.5 Å². The second-order valence-electron chi connectivity index (χ2n) is 8.30. The van der Waals surface area contributed by atoms with Gasteiger partial charge in [-0.25, -0.2) is 4.79 Å². The van der Waals surface area contributed by atoms with Crippen molar-refractivity contribution in [3.63, 3.8) is 0 Å². The molecule has 0 aromatic rings. The predicted molar refractivity (Wildman–Crippen MR) is 133 cm³/mol. The molecule has 0 radical (unpaired) electrons. The Morgan fingerprint density at radius 2 is 1.26 bits per heavy atom. The number of carbonyl (C=O) groups excluding carboxylic acids is 2. The van der Waals surface area contributed by atoms with E-state index < -0.39 is 6.09 Å². The van der Waals surface area contributed by atoms with Crippen LogP contribution in [0.1, 0.15) is 110 Å². The number of hydrogen-bond donors (Lipinski definition) is 1. The molecule has 5 nitrogen and oxygen atoms in total. The van der Waals surface area contributed by atoms with Gasteiger partial charge in [-0.2, -0.15) is 0 Å². The monoisotopic (exact) mass is 503 g/mol. The fourth-order valence-electron chi connectivity index (χ4n) is 3.21. The van der Waals surface area contributed by atoms with Gasteiger partial charge in [-0.05, 0) is 24.8 Å². The third-order valence-electron chi connectivity index (χ3n) is 5.16. The molecule has 1 amide bonds. The van der Waals surface area contributed by atoms with Crippen molar-refractivity contribution in [2.75, 3.05) is 25.1 Å². The van der Waals surface area contributed by atoms with Crippen LogP contribution in [0.15, 0.2) is 12.2 Å². The number of rotatable bonds is 22. The maximum atomic E-state index is 11.8. The SMILES string of the molecule is C=C(COC(=O)CCCCCCCCCCCCCCC)COC(=O)NCCCCBr. The Hall–Kier alpha value is -1.04. The van der Waals surface area contributed by atoms with Crippen molar-refractivity contribution < 1.29 is 19.1 Å². The van der Waals surface area contributed by atoms with Gasteiger partial charge >= 0.3 is 12.1 Å². The zero-order valence-corrected chi connectivity index (χ0v) is 21.4. The van der Waals surface area contributed by atoms with Crippen molar-refractivity contribution in [2.24, 2.45) is 0 Å². The topological polar surface area (TPSA) is 64.6 Å². The number of nitrogens with one attached hydrogen (secondary N) is 1. The number of halogens is 1. The van der Waals surface area contributed by atoms with E-state index in [0.717, 1.165) is 31.0 Å². The van der Waals surface area contributed by atoms with Crippen LogP contribution in [0.2, 0.25) is 0 Å². The molecule has 0 rings (SSSR count). The lowest BCUT2D eigenvalue weighted by atomic mass is 10.0. The van der Waals surface area contributed by atoms with Crippen molar-refractivity contribution in [3.05, 3.63) is 12.2 Å².